The van der Waals surface area contributed by atoms with Gasteiger partial charge in [0.25, 0.3) is 0 Å². The van der Waals surface area contributed by atoms with Gasteiger partial charge in [-0.2, -0.15) is 0 Å². The third-order valence-corrected chi connectivity index (χ3v) is 4.21. The normalized spacial score (nSPS) is 19.9. The van der Waals surface area contributed by atoms with Crippen LogP contribution in [0.25, 0.3) is 0 Å². The molecule has 0 aromatic heterocycles. The van der Waals surface area contributed by atoms with Crippen molar-refractivity contribution in [1.29, 1.82) is 0 Å². The predicted molar refractivity (Wildman–Crippen MR) is 77.9 cm³/mol. The predicted octanol–water partition coefficient (Wildman–Crippen LogP) is 3.13. The van der Waals surface area contributed by atoms with Gasteiger partial charge in [0.15, 0.2) is 0 Å². The number of nitrogens with zero attached hydrogens (tertiary/aromatic N) is 1. The first-order valence-electron chi connectivity index (χ1n) is 7.25. The molecule has 1 aliphatic rings. The van der Waals surface area contributed by atoms with Crippen LogP contribution in [0.3, 0.4) is 0 Å². The number of hydrogen-bond donors (Lipinski definition) is 1. The number of likely N-dealkylation sites (tertiary alicyclic amines) is 1. The monoisotopic (exact) mass is 246 g/mol. The molecule has 0 radical (unpaired) electrons. The molecule has 2 rings (SSSR count). The molecule has 2 heteroatoms. The first-order valence-corrected chi connectivity index (χ1v) is 7.25. The van der Waals surface area contributed by atoms with Crippen LogP contribution in [0.4, 0.5) is 0 Å². The first-order chi connectivity index (χ1) is 8.72. The van der Waals surface area contributed by atoms with Crippen molar-refractivity contribution in [3.8, 4) is 0 Å². The van der Waals surface area contributed by atoms with Gasteiger partial charge in [-0.1, -0.05) is 31.2 Å². The van der Waals surface area contributed by atoms with Crippen molar-refractivity contribution in [2.75, 3.05) is 19.6 Å². The van der Waals surface area contributed by atoms with E-state index in [0.717, 1.165) is 12.6 Å². The highest BCUT2D eigenvalue weighted by atomic mass is 15.2. The molecule has 1 unspecified atom stereocenters. The molecule has 1 aromatic carbocycles. The number of hydrogen-bond acceptors (Lipinski definition) is 2. The minimum absolute atomic E-state index is 0.550. The second kappa shape index (κ2) is 6.35. The Labute approximate surface area is 111 Å². The third-order valence-electron chi connectivity index (χ3n) is 4.21. The molecule has 0 bridgehead atoms. The van der Waals surface area contributed by atoms with Crippen LogP contribution in [0.15, 0.2) is 24.3 Å². The Balaban J connectivity index is 1.95. The highest BCUT2D eigenvalue weighted by Crippen LogP contribution is 2.26. The van der Waals surface area contributed by atoms with Gasteiger partial charge in [-0.05, 0) is 44.4 Å². The van der Waals surface area contributed by atoms with Crippen LogP contribution in [0.5, 0.6) is 0 Å². The molecule has 100 valence electrons. The van der Waals surface area contributed by atoms with Gasteiger partial charge in [0.05, 0.1) is 0 Å². The Morgan fingerprint density at radius 1 is 1.28 bits per heavy atom. The Bertz CT molecular complexity index is 367. The summed E-state index contributed by atoms with van der Waals surface area (Å²) < 4.78 is 0. The quantitative estimate of drug-likeness (QED) is 0.878. The number of nitrogens with one attached hydrogen (secondary N) is 1. The smallest absolute Gasteiger partial charge is 0.0322 e. The summed E-state index contributed by atoms with van der Waals surface area (Å²) in [4.78, 5) is 2.62. The second-order valence-corrected chi connectivity index (χ2v) is 5.40. The number of rotatable bonds is 4. The standard InChI is InChI=1S/C16H26N2/c1-4-17-15-9-11-18(12-10-15)14(3)16-8-6-5-7-13(16)2/h5-8,14-15,17H,4,9-12H2,1-3H3. The average molecular weight is 246 g/mol. The molecule has 1 atom stereocenters. The van der Waals surface area contributed by atoms with Gasteiger partial charge in [0.2, 0.25) is 0 Å². The van der Waals surface area contributed by atoms with E-state index >= 15 is 0 Å². The molecular formula is C16H26N2. The maximum absolute atomic E-state index is 3.57. The van der Waals surface area contributed by atoms with Crippen molar-refractivity contribution < 1.29 is 0 Å². The van der Waals surface area contributed by atoms with E-state index in [1.165, 1.54) is 37.1 Å². The van der Waals surface area contributed by atoms with E-state index in [-0.39, 0.29) is 0 Å². The third kappa shape index (κ3) is 3.12. The molecule has 1 aromatic rings. The second-order valence-electron chi connectivity index (χ2n) is 5.40. The molecule has 1 saturated heterocycles. The maximum Gasteiger partial charge on any atom is 0.0322 e. The molecule has 0 aliphatic carbocycles. The molecule has 1 N–H and O–H groups in total. The summed E-state index contributed by atoms with van der Waals surface area (Å²) in [5.41, 5.74) is 2.90. The van der Waals surface area contributed by atoms with Gasteiger partial charge in [0, 0.05) is 25.2 Å². The molecule has 18 heavy (non-hydrogen) atoms. The highest BCUT2D eigenvalue weighted by molar-refractivity contribution is 5.28. The lowest BCUT2D eigenvalue weighted by molar-refractivity contribution is 0.153. The lowest BCUT2D eigenvalue weighted by atomic mass is 9.97. The van der Waals surface area contributed by atoms with Crippen LogP contribution in [0.1, 0.15) is 43.9 Å². The number of benzene rings is 1. The van der Waals surface area contributed by atoms with Gasteiger partial charge >= 0.3 is 0 Å². The van der Waals surface area contributed by atoms with Crippen molar-refractivity contribution in [2.24, 2.45) is 0 Å². The summed E-state index contributed by atoms with van der Waals surface area (Å²) in [6.45, 7) is 10.3. The minimum Gasteiger partial charge on any atom is -0.314 e. The van der Waals surface area contributed by atoms with Crippen LogP contribution < -0.4 is 5.32 Å². The van der Waals surface area contributed by atoms with Crippen LogP contribution in [-0.2, 0) is 0 Å². The van der Waals surface area contributed by atoms with Crippen molar-refractivity contribution in [3.05, 3.63) is 35.4 Å². The van der Waals surface area contributed by atoms with Crippen LogP contribution in [-0.4, -0.2) is 30.6 Å². The summed E-state index contributed by atoms with van der Waals surface area (Å²) >= 11 is 0. The lowest BCUT2D eigenvalue weighted by Gasteiger charge is -2.37. The number of aryl methyl sites for hydroxylation is 1. The Morgan fingerprint density at radius 3 is 2.56 bits per heavy atom. The van der Waals surface area contributed by atoms with Crippen molar-refractivity contribution in [3.63, 3.8) is 0 Å². The summed E-state index contributed by atoms with van der Waals surface area (Å²) in [5.74, 6) is 0. The molecule has 2 nitrogen and oxygen atoms in total. The van der Waals surface area contributed by atoms with Gasteiger partial charge in [0.1, 0.15) is 0 Å². The highest BCUT2D eigenvalue weighted by Gasteiger charge is 2.23. The Morgan fingerprint density at radius 2 is 1.94 bits per heavy atom. The van der Waals surface area contributed by atoms with Gasteiger partial charge in [-0.15, -0.1) is 0 Å². The molecule has 1 fully saturated rings. The fourth-order valence-electron chi connectivity index (χ4n) is 3.03. The van der Waals surface area contributed by atoms with Crippen LogP contribution in [0, 0.1) is 6.92 Å². The summed E-state index contributed by atoms with van der Waals surface area (Å²) in [6.07, 6.45) is 2.56. The van der Waals surface area contributed by atoms with Crippen molar-refractivity contribution >= 4 is 0 Å². The van der Waals surface area contributed by atoms with E-state index in [1.54, 1.807) is 0 Å². The average Bonchev–Trinajstić information content (AvgIpc) is 2.40. The molecular weight excluding hydrogens is 220 g/mol. The Hall–Kier alpha value is -0.860. The van der Waals surface area contributed by atoms with E-state index in [4.69, 9.17) is 0 Å². The van der Waals surface area contributed by atoms with E-state index < -0.39 is 0 Å². The van der Waals surface area contributed by atoms with Crippen molar-refractivity contribution in [2.45, 2.75) is 45.7 Å². The van der Waals surface area contributed by atoms with E-state index in [0.29, 0.717) is 6.04 Å². The molecule has 0 amide bonds. The molecule has 1 aliphatic heterocycles. The van der Waals surface area contributed by atoms with E-state index in [1.807, 2.05) is 0 Å². The first kappa shape index (κ1) is 13.6. The van der Waals surface area contributed by atoms with Crippen LogP contribution >= 0.6 is 0 Å². The Kier molecular flexibility index (Phi) is 4.79. The van der Waals surface area contributed by atoms with E-state index in [2.05, 4.69) is 55.3 Å². The lowest BCUT2D eigenvalue weighted by Crippen LogP contribution is -2.43. The summed E-state index contributed by atoms with van der Waals surface area (Å²) in [6, 6.07) is 10.1. The molecule has 0 spiro atoms. The fraction of sp³-hybridized carbons (Fsp3) is 0.625. The van der Waals surface area contributed by atoms with Gasteiger partial charge < -0.3 is 5.32 Å². The zero-order valence-electron chi connectivity index (χ0n) is 11.9. The molecule has 0 saturated carbocycles. The molecule has 1 heterocycles. The van der Waals surface area contributed by atoms with Crippen molar-refractivity contribution in [1.82, 2.24) is 10.2 Å². The summed E-state index contributed by atoms with van der Waals surface area (Å²) in [7, 11) is 0. The fourth-order valence-corrected chi connectivity index (χ4v) is 3.03. The SMILES string of the molecule is CCNC1CCN(C(C)c2ccccc2C)CC1. The van der Waals surface area contributed by atoms with Gasteiger partial charge in [-0.25, -0.2) is 0 Å². The largest absolute Gasteiger partial charge is 0.314 e. The van der Waals surface area contributed by atoms with E-state index in [9.17, 15) is 0 Å². The van der Waals surface area contributed by atoms with Gasteiger partial charge in [-0.3, -0.25) is 4.90 Å². The topological polar surface area (TPSA) is 15.3 Å². The minimum atomic E-state index is 0.550. The zero-order valence-corrected chi connectivity index (χ0v) is 11.9. The summed E-state index contributed by atoms with van der Waals surface area (Å²) in [5, 5.41) is 3.57. The maximum atomic E-state index is 3.57. The number of piperidine rings is 1. The zero-order chi connectivity index (χ0) is 13.0. The van der Waals surface area contributed by atoms with Crippen LogP contribution in [0.2, 0.25) is 0 Å².